The number of amides is 6. The molecule has 8 atom stereocenters. The highest BCUT2D eigenvalue weighted by Crippen LogP contribution is 2.19. The molecule has 6 amide bonds. The standard InChI is InChI=1S/C52H81N7O9/c1-14-16-23-36(9)46(61)45(53-10)49(64)54-39(15-2)50(65)57(11)31-43(60)58(12)41(28-33(3)4)48(63)56-44(35(7)8)51(66)59(13)42(29-34(5)6)47(62)55-40(30-37-24-19-17-20-25-37)52(67)68-32-38-26-21-18-22-27-38/h14,16-22,24-27,33-36,39-42,44-46,53,61H,15,23,28-32H2,1-13H3,(H,54,64)(H,55,62)(H,56,63)/b16-14+/t36-,39+,40+,41+,42+,44+,45+,46-/m1/s1. The molecule has 0 saturated carbocycles. The molecule has 0 saturated heterocycles. The van der Waals surface area contributed by atoms with Gasteiger partial charge in [-0.1, -0.05) is 128 Å². The van der Waals surface area contributed by atoms with Gasteiger partial charge < -0.3 is 45.8 Å². The van der Waals surface area contributed by atoms with E-state index in [0.29, 0.717) is 6.42 Å². The van der Waals surface area contributed by atoms with Gasteiger partial charge in [-0.2, -0.15) is 0 Å². The Labute approximate surface area is 405 Å². The molecule has 0 aromatic heterocycles. The van der Waals surface area contributed by atoms with E-state index >= 15 is 0 Å². The Morgan fingerprint density at radius 1 is 0.676 bits per heavy atom. The molecular weight excluding hydrogens is 867 g/mol. The second-order valence-electron chi connectivity index (χ2n) is 19.0. The molecule has 2 aromatic carbocycles. The summed E-state index contributed by atoms with van der Waals surface area (Å²) in [6, 6.07) is 12.2. The van der Waals surface area contributed by atoms with Crippen LogP contribution in [-0.4, -0.2) is 138 Å². The second kappa shape index (κ2) is 29.3. The maximum atomic E-state index is 14.5. The fourth-order valence-corrected chi connectivity index (χ4v) is 7.76. The maximum Gasteiger partial charge on any atom is 0.329 e. The molecule has 378 valence electrons. The molecule has 0 aliphatic rings. The van der Waals surface area contributed by atoms with Crippen LogP contribution >= 0.6 is 0 Å². The molecule has 0 radical (unpaired) electrons. The van der Waals surface area contributed by atoms with E-state index < -0.39 is 96.2 Å². The van der Waals surface area contributed by atoms with Crippen molar-refractivity contribution >= 4 is 41.4 Å². The van der Waals surface area contributed by atoms with Crippen molar-refractivity contribution < 1.29 is 43.4 Å². The minimum absolute atomic E-state index is 0.0121. The van der Waals surface area contributed by atoms with E-state index in [2.05, 4.69) is 21.3 Å². The van der Waals surface area contributed by atoms with Crippen LogP contribution in [0.4, 0.5) is 0 Å². The van der Waals surface area contributed by atoms with Crippen LogP contribution in [0.2, 0.25) is 0 Å². The molecule has 68 heavy (non-hydrogen) atoms. The molecule has 0 unspecified atom stereocenters. The summed E-state index contributed by atoms with van der Waals surface area (Å²) in [7, 11) is 5.97. The lowest BCUT2D eigenvalue weighted by atomic mass is 9.94. The van der Waals surface area contributed by atoms with Crippen molar-refractivity contribution in [3.8, 4) is 0 Å². The molecule has 16 heteroatoms. The summed E-state index contributed by atoms with van der Waals surface area (Å²) in [5.41, 5.74) is 1.59. The highest BCUT2D eigenvalue weighted by atomic mass is 16.5. The Hall–Kier alpha value is -5.61. The van der Waals surface area contributed by atoms with Gasteiger partial charge in [0.25, 0.3) is 0 Å². The quantitative estimate of drug-likeness (QED) is 0.0606. The van der Waals surface area contributed by atoms with Gasteiger partial charge in [-0.15, -0.1) is 0 Å². The van der Waals surface area contributed by atoms with Crippen molar-refractivity contribution in [2.75, 3.05) is 34.7 Å². The summed E-state index contributed by atoms with van der Waals surface area (Å²) in [5, 5.41) is 22.3. The first-order valence-electron chi connectivity index (χ1n) is 24.0. The zero-order chi connectivity index (χ0) is 51.2. The lowest BCUT2D eigenvalue weighted by Crippen LogP contribution is -2.60. The summed E-state index contributed by atoms with van der Waals surface area (Å²) in [5.74, 6) is -4.72. The van der Waals surface area contributed by atoms with Crippen LogP contribution in [0.25, 0.3) is 0 Å². The third-order valence-corrected chi connectivity index (χ3v) is 12.0. The van der Waals surface area contributed by atoms with E-state index in [-0.39, 0.29) is 50.0 Å². The zero-order valence-electron chi connectivity index (χ0n) is 42.8. The number of aliphatic hydroxyl groups is 1. The highest BCUT2D eigenvalue weighted by molar-refractivity contribution is 5.96. The zero-order valence-corrected chi connectivity index (χ0v) is 42.8. The first kappa shape index (κ1) is 58.5. The molecule has 16 nitrogen and oxygen atoms in total. The van der Waals surface area contributed by atoms with Gasteiger partial charge in [0, 0.05) is 27.6 Å². The van der Waals surface area contributed by atoms with Gasteiger partial charge >= 0.3 is 5.97 Å². The summed E-state index contributed by atoms with van der Waals surface area (Å²) in [6.45, 7) is 16.2. The molecule has 0 aliphatic carbocycles. The van der Waals surface area contributed by atoms with Crippen LogP contribution in [0.1, 0.15) is 99.1 Å². The molecule has 0 bridgehead atoms. The van der Waals surface area contributed by atoms with Gasteiger partial charge in [0.2, 0.25) is 35.4 Å². The largest absolute Gasteiger partial charge is 0.459 e. The van der Waals surface area contributed by atoms with E-state index in [0.717, 1.165) is 11.1 Å². The number of likely N-dealkylation sites (N-methyl/N-ethyl adjacent to an activating group) is 4. The van der Waals surface area contributed by atoms with Crippen molar-refractivity contribution in [3.63, 3.8) is 0 Å². The fourth-order valence-electron chi connectivity index (χ4n) is 7.76. The minimum Gasteiger partial charge on any atom is -0.459 e. The van der Waals surface area contributed by atoms with E-state index in [4.69, 9.17) is 4.74 Å². The Balaban J connectivity index is 2.29. The number of aliphatic hydroxyl groups excluding tert-OH is 1. The predicted molar refractivity (Wildman–Crippen MR) is 264 cm³/mol. The molecule has 0 fully saturated rings. The SMILES string of the molecule is C/C=C/C[C@@H](C)[C@@H](O)[C@H](NC)C(=O)N[C@@H](CC)C(=O)N(C)CC(=O)N(C)[C@@H](CC(C)C)C(=O)N[C@H](C(=O)N(C)[C@@H](CC(C)C)C(=O)N[C@@H](Cc1ccccc1)C(=O)OCc1ccccc1)C(C)C. The summed E-state index contributed by atoms with van der Waals surface area (Å²) in [6.07, 6.45) is 4.15. The number of nitrogens with zero attached hydrogens (tertiary/aromatic N) is 3. The number of benzene rings is 2. The number of ether oxygens (including phenoxy) is 1. The van der Waals surface area contributed by atoms with Crippen LogP contribution in [0.15, 0.2) is 72.8 Å². The molecule has 5 N–H and O–H groups in total. The van der Waals surface area contributed by atoms with Gasteiger partial charge in [-0.05, 0) is 74.5 Å². The summed E-state index contributed by atoms with van der Waals surface area (Å²) < 4.78 is 5.67. The van der Waals surface area contributed by atoms with Crippen LogP contribution in [-0.2, 0) is 51.3 Å². The van der Waals surface area contributed by atoms with E-state index in [1.165, 1.54) is 35.8 Å². The van der Waals surface area contributed by atoms with Crippen molar-refractivity contribution in [3.05, 3.63) is 83.9 Å². The summed E-state index contributed by atoms with van der Waals surface area (Å²) in [4.78, 5) is 101. The van der Waals surface area contributed by atoms with E-state index in [1.807, 2.05) is 114 Å². The average molecular weight is 948 g/mol. The van der Waals surface area contributed by atoms with Crippen LogP contribution in [0.3, 0.4) is 0 Å². The highest BCUT2D eigenvalue weighted by Gasteiger charge is 2.39. The van der Waals surface area contributed by atoms with Gasteiger partial charge in [0.1, 0.15) is 42.9 Å². The van der Waals surface area contributed by atoms with Crippen LogP contribution < -0.4 is 21.3 Å². The molecule has 0 heterocycles. The fraction of sp³-hybridized carbons (Fsp3) is 0.596. The Morgan fingerprint density at radius 2 is 1.19 bits per heavy atom. The maximum absolute atomic E-state index is 14.5. The Kier molecular flexibility index (Phi) is 25.2. The predicted octanol–water partition coefficient (Wildman–Crippen LogP) is 4.25. The van der Waals surface area contributed by atoms with E-state index in [9.17, 15) is 38.7 Å². The van der Waals surface area contributed by atoms with Crippen LogP contribution in [0, 0.1) is 23.7 Å². The smallest absolute Gasteiger partial charge is 0.329 e. The number of allylic oxidation sites excluding steroid dienone is 2. The first-order chi connectivity index (χ1) is 32.1. The van der Waals surface area contributed by atoms with Gasteiger partial charge in [-0.25, -0.2) is 4.79 Å². The number of rotatable bonds is 28. The third-order valence-electron chi connectivity index (χ3n) is 12.0. The molecule has 0 spiro atoms. The number of esters is 1. The number of hydrogen-bond donors (Lipinski definition) is 5. The molecule has 2 aromatic rings. The minimum atomic E-state index is -1.10. The first-order valence-corrected chi connectivity index (χ1v) is 24.0. The molecule has 0 aliphatic heterocycles. The van der Waals surface area contributed by atoms with Crippen molar-refractivity contribution in [2.45, 2.75) is 143 Å². The monoisotopic (exact) mass is 948 g/mol. The van der Waals surface area contributed by atoms with Gasteiger partial charge in [0.05, 0.1) is 12.6 Å². The van der Waals surface area contributed by atoms with Crippen LogP contribution in [0.5, 0.6) is 0 Å². The average Bonchev–Trinajstić information content (AvgIpc) is 3.30. The molecule has 2 rings (SSSR count). The second-order valence-corrected chi connectivity index (χ2v) is 19.0. The topological polar surface area (TPSA) is 207 Å². The third kappa shape index (κ3) is 18.5. The van der Waals surface area contributed by atoms with Crippen molar-refractivity contribution in [1.29, 1.82) is 0 Å². The lowest BCUT2D eigenvalue weighted by Gasteiger charge is -2.35. The van der Waals surface area contributed by atoms with Crippen molar-refractivity contribution in [2.24, 2.45) is 23.7 Å². The number of nitrogens with one attached hydrogen (secondary N) is 4. The Bertz CT molecular complexity index is 1940. The number of carbonyl (C=O) groups excluding carboxylic acids is 7. The Morgan fingerprint density at radius 3 is 1.69 bits per heavy atom. The number of carbonyl (C=O) groups is 7. The van der Waals surface area contributed by atoms with Crippen molar-refractivity contribution in [1.82, 2.24) is 36.0 Å². The van der Waals surface area contributed by atoms with Gasteiger partial charge in [0.15, 0.2) is 0 Å². The lowest BCUT2D eigenvalue weighted by molar-refractivity contribution is -0.150. The van der Waals surface area contributed by atoms with Gasteiger partial charge in [-0.3, -0.25) is 28.8 Å². The van der Waals surface area contributed by atoms with E-state index in [1.54, 1.807) is 27.8 Å². The normalized spacial score (nSPS) is 15.1. The summed E-state index contributed by atoms with van der Waals surface area (Å²) >= 11 is 0. The number of hydrogen-bond acceptors (Lipinski definition) is 10. The molecular formula is C52H81N7O9.